The van der Waals surface area contributed by atoms with Gasteiger partial charge in [0.1, 0.15) is 30.1 Å². The van der Waals surface area contributed by atoms with Crippen LogP contribution in [-0.2, 0) is 9.47 Å². The van der Waals surface area contributed by atoms with Crippen LogP contribution in [0.15, 0.2) is 48.9 Å². The van der Waals surface area contributed by atoms with Crippen molar-refractivity contribution in [1.29, 1.82) is 5.26 Å². The normalized spacial score (nSPS) is 15.4. The molecule has 176 valence electrons. The van der Waals surface area contributed by atoms with E-state index in [1.54, 1.807) is 7.11 Å². The first-order chi connectivity index (χ1) is 16.7. The molecule has 1 aliphatic heterocycles. The Hall–Kier alpha value is -3.78. The molecule has 2 aromatic heterocycles. The van der Waals surface area contributed by atoms with Crippen molar-refractivity contribution in [3.63, 3.8) is 0 Å². The smallest absolute Gasteiger partial charge is 0.158 e. The van der Waals surface area contributed by atoms with Crippen molar-refractivity contribution < 1.29 is 14.2 Å². The van der Waals surface area contributed by atoms with E-state index in [0.29, 0.717) is 38.0 Å². The Balaban J connectivity index is 1.54. The van der Waals surface area contributed by atoms with Gasteiger partial charge in [0.25, 0.3) is 0 Å². The molecule has 1 fully saturated rings. The van der Waals surface area contributed by atoms with Gasteiger partial charge in [-0.25, -0.2) is 15.0 Å². The number of hydrogen-bond acceptors (Lipinski definition) is 10. The second-order valence-corrected chi connectivity index (χ2v) is 7.58. The van der Waals surface area contributed by atoms with Crippen LogP contribution in [0.3, 0.4) is 0 Å². The fourth-order valence-electron chi connectivity index (χ4n) is 3.43. The molecule has 34 heavy (non-hydrogen) atoms. The van der Waals surface area contributed by atoms with Crippen LogP contribution in [0.4, 0.5) is 17.3 Å². The predicted molar refractivity (Wildman–Crippen MR) is 128 cm³/mol. The van der Waals surface area contributed by atoms with Crippen molar-refractivity contribution in [1.82, 2.24) is 20.3 Å². The number of rotatable bonds is 10. The van der Waals surface area contributed by atoms with Crippen molar-refractivity contribution in [2.75, 3.05) is 57.2 Å². The van der Waals surface area contributed by atoms with Crippen LogP contribution < -0.4 is 20.7 Å². The van der Waals surface area contributed by atoms with E-state index in [2.05, 4.69) is 30.9 Å². The molecule has 0 unspecified atom stereocenters. The van der Waals surface area contributed by atoms with Gasteiger partial charge in [-0.2, -0.15) is 5.26 Å². The number of nitriles is 1. The van der Waals surface area contributed by atoms with Crippen LogP contribution in [0.2, 0.25) is 0 Å². The fourth-order valence-corrected chi connectivity index (χ4v) is 3.43. The summed E-state index contributed by atoms with van der Waals surface area (Å²) in [6.45, 7) is 4.05. The third-order valence-corrected chi connectivity index (χ3v) is 5.17. The van der Waals surface area contributed by atoms with Gasteiger partial charge >= 0.3 is 0 Å². The van der Waals surface area contributed by atoms with Crippen LogP contribution in [0, 0.1) is 11.3 Å². The molecule has 3 heterocycles. The number of morpholine rings is 1. The number of nitrogens with one attached hydrogen (secondary N) is 3. The minimum atomic E-state index is 0.0760. The monoisotopic (exact) mass is 461 g/mol. The number of methoxy groups -OCH3 is 1. The van der Waals surface area contributed by atoms with E-state index in [0.717, 1.165) is 35.7 Å². The highest BCUT2D eigenvalue weighted by Crippen LogP contribution is 2.31. The topological polar surface area (TPSA) is 126 Å². The Kier molecular flexibility index (Phi) is 8.18. The van der Waals surface area contributed by atoms with Crippen molar-refractivity contribution in [3.05, 3.63) is 54.6 Å². The molecular formula is C24H27N7O3. The van der Waals surface area contributed by atoms with E-state index in [9.17, 15) is 0 Å². The van der Waals surface area contributed by atoms with E-state index in [1.165, 1.54) is 12.4 Å². The van der Waals surface area contributed by atoms with E-state index in [1.807, 2.05) is 42.6 Å². The Labute approximate surface area is 198 Å². The van der Waals surface area contributed by atoms with Gasteiger partial charge in [-0.1, -0.05) is 12.1 Å². The maximum Gasteiger partial charge on any atom is 0.158 e. The number of hydrogen-bond donors (Lipinski definition) is 3. The summed E-state index contributed by atoms with van der Waals surface area (Å²) in [5.41, 5.74) is 3.11. The zero-order valence-electron chi connectivity index (χ0n) is 19.0. The maximum absolute atomic E-state index is 8.91. The molecule has 0 bridgehead atoms. The Morgan fingerprint density at radius 1 is 1.12 bits per heavy atom. The van der Waals surface area contributed by atoms with Crippen LogP contribution in [0.25, 0.3) is 11.1 Å². The number of pyridine rings is 1. The van der Waals surface area contributed by atoms with Crippen LogP contribution in [-0.4, -0.2) is 67.6 Å². The Morgan fingerprint density at radius 2 is 1.97 bits per heavy atom. The third kappa shape index (κ3) is 6.39. The summed E-state index contributed by atoms with van der Waals surface area (Å²) in [7, 11) is 1.65. The van der Waals surface area contributed by atoms with Gasteiger partial charge in [-0.05, 0) is 17.7 Å². The summed E-state index contributed by atoms with van der Waals surface area (Å²) in [5.74, 6) is 1.89. The molecule has 4 rings (SSSR count). The van der Waals surface area contributed by atoms with Crippen molar-refractivity contribution in [2.45, 2.75) is 6.10 Å². The number of benzene rings is 1. The summed E-state index contributed by atoms with van der Waals surface area (Å²) in [4.78, 5) is 12.8. The number of nitrogens with zero attached hydrogens (tertiary/aromatic N) is 4. The number of ether oxygens (including phenoxy) is 3. The lowest BCUT2D eigenvalue weighted by Gasteiger charge is -2.25. The van der Waals surface area contributed by atoms with E-state index in [4.69, 9.17) is 19.5 Å². The Morgan fingerprint density at radius 3 is 2.68 bits per heavy atom. The number of aromatic nitrogens is 3. The highest BCUT2D eigenvalue weighted by atomic mass is 16.5. The van der Waals surface area contributed by atoms with Crippen LogP contribution in [0.5, 0.6) is 5.75 Å². The van der Waals surface area contributed by atoms with E-state index < -0.39 is 0 Å². The average Bonchev–Trinajstić information content (AvgIpc) is 2.89. The first-order valence-corrected chi connectivity index (χ1v) is 11.0. The van der Waals surface area contributed by atoms with Gasteiger partial charge < -0.3 is 30.2 Å². The summed E-state index contributed by atoms with van der Waals surface area (Å²) >= 11 is 0. The zero-order valence-corrected chi connectivity index (χ0v) is 19.0. The lowest BCUT2D eigenvalue weighted by atomic mass is 10.1. The highest BCUT2D eigenvalue weighted by molar-refractivity contribution is 5.80. The third-order valence-electron chi connectivity index (χ3n) is 5.17. The zero-order chi connectivity index (χ0) is 23.6. The largest absolute Gasteiger partial charge is 0.491 e. The molecule has 3 N–H and O–H groups in total. The first kappa shape index (κ1) is 23.4. The van der Waals surface area contributed by atoms with Gasteiger partial charge in [0.05, 0.1) is 31.7 Å². The molecular weight excluding hydrogens is 434 g/mol. The van der Waals surface area contributed by atoms with E-state index >= 15 is 0 Å². The molecule has 3 aromatic rings. The molecule has 10 nitrogen and oxygen atoms in total. The summed E-state index contributed by atoms with van der Waals surface area (Å²) in [6, 6.07) is 11.8. The van der Waals surface area contributed by atoms with Crippen molar-refractivity contribution in [3.8, 4) is 22.9 Å². The fraction of sp³-hybridized carbons (Fsp3) is 0.333. The first-order valence-electron chi connectivity index (χ1n) is 11.0. The van der Waals surface area contributed by atoms with Crippen LogP contribution in [0.1, 0.15) is 5.69 Å². The summed E-state index contributed by atoms with van der Waals surface area (Å²) < 4.78 is 16.5. The molecule has 1 aromatic carbocycles. The average molecular weight is 462 g/mol. The van der Waals surface area contributed by atoms with Gasteiger partial charge in [0, 0.05) is 50.3 Å². The van der Waals surface area contributed by atoms with Crippen LogP contribution >= 0.6 is 0 Å². The number of anilines is 3. The minimum Gasteiger partial charge on any atom is -0.491 e. The lowest BCUT2D eigenvalue weighted by molar-refractivity contribution is 0.0372. The molecule has 0 aliphatic carbocycles. The summed E-state index contributed by atoms with van der Waals surface area (Å²) in [5, 5.41) is 18.9. The van der Waals surface area contributed by atoms with Crippen molar-refractivity contribution >= 4 is 17.3 Å². The molecule has 0 radical (unpaired) electrons. The van der Waals surface area contributed by atoms with Gasteiger partial charge in [-0.3, -0.25) is 0 Å². The maximum atomic E-state index is 8.91. The quantitative estimate of drug-likeness (QED) is 0.388. The van der Waals surface area contributed by atoms with Crippen molar-refractivity contribution in [2.24, 2.45) is 0 Å². The van der Waals surface area contributed by atoms with E-state index in [-0.39, 0.29) is 11.8 Å². The molecule has 0 spiro atoms. The van der Waals surface area contributed by atoms with Gasteiger partial charge in [-0.15, -0.1) is 0 Å². The minimum absolute atomic E-state index is 0.0760. The highest BCUT2D eigenvalue weighted by Gasteiger charge is 2.15. The molecule has 10 heteroatoms. The standard InChI is InChI=1S/C24H27N7O3/c1-32-8-9-34-19-4-2-17(3-5-19)21-15-30-23(31-24-16-27-18(11-25)12-29-24)10-22(21)28-14-20-13-26-6-7-33-20/h2-5,10,12,15-16,20,26H,6-9,13-14H2,1H3,(H2,28,29,30,31)/t20-/m1/s1. The second-order valence-electron chi connectivity index (χ2n) is 7.58. The van der Waals surface area contributed by atoms with Gasteiger partial charge in [0.2, 0.25) is 0 Å². The SMILES string of the molecule is COCCOc1ccc(-c2cnc(Nc3cnc(C#N)cn3)cc2NC[C@H]2CNCCO2)cc1. The predicted octanol–water partition coefficient (Wildman–Crippen LogP) is 2.58. The summed E-state index contributed by atoms with van der Waals surface area (Å²) in [6.07, 6.45) is 4.81. The molecule has 1 saturated heterocycles. The molecule has 1 atom stereocenters. The second kappa shape index (κ2) is 11.9. The lowest BCUT2D eigenvalue weighted by Crippen LogP contribution is -2.42. The molecule has 1 aliphatic rings. The molecule has 0 amide bonds. The van der Waals surface area contributed by atoms with Gasteiger partial charge in [0.15, 0.2) is 5.69 Å². The Bertz CT molecular complexity index is 1100. The molecule has 0 saturated carbocycles.